The summed E-state index contributed by atoms with van der Waals surface area (Å²) in [5.41, 5.74) is 0. The molecule has 21 heavy (non-hydrogen) atoms. The van der Waals surface area contributed by atoms with E-state index in [0.717, 1.165) is 44.2 Å². The molecule has 0 spiro atoms. The highest BCUT2D eigenvalue weighted by molar-refractivity contribution is 5.75. The Balaban J connectivity index is 1.95. The van der Waals surface area contributed by atoms with Gasteiger partial charge < -0.3 is 15.0 Å². The first-order valence-electron chi connectivity index (χ1n) is 8.59. The zero-order chi connectivity index (χ0) is 15.5. The molecule has 0 aromatic carbocycles. The largest absolute Gasteiger partial charge is 0.385 e. The van der Waals surface area contributed by atoms with Gasteiger partial charge in [-0.3, -0.25) is 4.79 Å². The van der Waals surface area contributed by atoms with E-state index in [2.05, 4.69) is 24.1 Å². The molecule has 0 aromatic heterocycles. The molecule has 0 radical (unpaired) electrons. The number of ether oxygens (including phenoxy) is 1. The number of nitrogens with zero attached hydrogens (tertiary/aromatic N) is 1. The molecule has 0 bridgehead atoms. The quantitative estimate of drug-likeness (QED) is 0.631. The number of likely N-dealkylation sites (tertiary alicyclic amines) is 1. The lowest BCUT2D eigenvalue weighted by molar-refractivity contribution is -0.121. The van der Waals surface area contributed by atoms with E-state index >= 15 is 0 Å². The van der Waals surface area contributed by atoms with Crippen LogP contribution in [0.2, 0.25) is 0 Å². The molecule has 1 aliphatic rings. The zero-order valence-electron chi connectivity index (χ0n) is 14.2. The second-order valence-corrected chi connectivity index (χ2v) is 6.71. The topological polar surface area (TPSA) is 41.6 Å². The number of carbonyl (C=O) groups is 1. The first-order chi connectivity index (χ1) is 10.1. The third-order valence-corrected chi connectivity index (χ3v) is 4.17. The molecule has 0 aliphatic carbocycles. The van der Waals surface area contributed by atoms with E-state index in [1.54, 1.807) is 7.11 Å². The van der Waals surface area contributed by atoms with Crippen molar-refractivity contribution < 1.29 is 9.53 Å². The van der Waals surface area contributed by atoms with Gasteiger partial charge in [0.15, 0.2) is 0 Å². The predicted octanol–water partition coefficient (Wildman–Crippen LogP) is 2.68. The highest BCUT2D eigenvalue weighted by Gasteiger charge is 2.20. The molecule has 4 heteroatoms. The van der Waals surface area contributed by atoms with Crippen LogP contribution in [0.15, 0.2) is 0 Å². The van der Waals surface area contributed by atoms with Gasteiger partial charge in [0.1, 0.15) is 0 Å². The summed E-state index contributed by atoms with van der Waals surface area (Å²) in [4.78, 5) is 14.2. The van der Waals surface area contributed by atoms with Crippen molar-refractivity contribution in [1.82, 2.24) is 10.2 Å². The number of rotatable bonds is 10. The van der Waals surface area contributed by atoms with Gasteiger partial charge in [-0.2, -0.15) is 0 Å². The van der Waals surface area contributed by atoms with Crippen LogP contribution in [0.4, 0.5) is 0 Å². The molecule has 4 nitrogen and oxygen atoms in total. The van der Waals surface area contributed by atoms with Crippen LogP contribution < -0.4 is 5.32 Å². The number of hydrogen-bond acceptors (Lipinski definition) is 3. The Bertz CT molecular complexity index is 274. The smallest absolute Gasteiger partial charge is 0.219 e. The Kier molecular flexibility index (Phi) is 9.68. The summed E-state index contributed by atoms with van der Waals surface area (Å²) in [5, 5.41) is 3.02. The molecule has 0 saturated carbocycles. The summed E-state index contributed by atoms with van der Waals surface area (Å²) in [5.74, 6) is 1.85. The van der Waals surface area contributed by atoms with Crippen molar-refractivity contribution in [3.8, 4) is 0 Å². The van der Waals surface area contributed by atoms with Crippen LogP contribution in [0.5, 0.6) is 0 Å². The fourth-order valence-electron chi connectivity index (χ4n) is 3.28. The van der Waals surface area contributed by atoms with Gasteiger partial charge in [0.05, 0.1) is 0 Å². The minimum absolute atomic E-state index is 0.186. The summed E-state index contributed by atoms with van der Waals surface area (Å²) in [7, 11) is 1.70. The van der Waals surface area contributed by atoms with Gasteiger partial charge in [0, 0.05) is 39.8 Å². The lowest BCUT2D eigenvalue weighted by atomic mass is 9.92. The molecule has 2 atom stereocenters. The van der Waals surface area contributed by atoms with Crippen molar-refractivity contribution in [3.05, 3.63) is 0 Å². The Morgan fingerprint density at radius 2 is 1.86 bits per heavy atom. The highest BCUT2D eigenvalue weighted by Crippen LogP contribution is 2.20. The molecular weight excluding hydrogens is 264 g/mol. The lowest BCUT2D eigenvalue weighted by Gasteiger charge is -2.34. The van der Waals surface area contributed by atoms with Gasteiger partial charge in [-0.25, -0.2) is 0 Å². The third kappa shape index (κ3) is 9.10. The maximum atomic E-state index is 11.6. The normalized spacial score (nSPS) is 23.2. The third-order valence-electron chi connectivity index (χ3n) is 4.17. The van der Waals surface area contributed by atoms with Gasteiger partial charge >= 0.3 is 0 Å². The molecule has 0 unspecified atom stereocenters. The number of hydrogen-bond donors (Lipinski definition) is 1. The fourth-order valence-corrected chi connectivity index (χ4v) is 3.28. The number of unbranched alkanes of at least 4 members (excludes halogenated alkanes) is 2. The molecule has 1 saturated heterocycles. The maximum Gasteiger partial charge on any atom is 0.219 e. The van der Waals surface area contributed by atoms with Crippen LogP contribution in [0.1, 0.15) is 52.4 Å². The second kappa shape index (κ2) is 11.0. The fraction of sp³-hybridized carbons (Fsp3) is 0.941. The number of methoxy groups -OCH3 is 1. The Hall–Kier alpha value is -0.610. The summed E-state index contributed by atoms with van der Waals surface area (Å²) in [6.45, 7) is 9.95. The van der Waals surface area contributed by atoms with Gasteiger partial charge in [-0.1, -0.05) is 13.8 Å². The summed E-state index contributed by atoms with van der Waals surface area (Å²) < 4.78 is 4.97. The van der Waals surface area contributed by atoms with E-state index < -0.39 is 0 Å². The number of piperidine rings is 1. The molecular formula is C17H34N2O2. The summed E-state index contributed by atoms with van der Waals surface area (Å²) in [6, 6.07) is 0. The molecule has 0 aromatic rings. The van der Waals surface area contributed by atoms with Crippen LogP contribution >= 0.6 is 0 Å². The summed E-state index contributed by atoms with van der Waals surface area (Å²) >= 11 is 0. The van der Waals surface area contributed by atoms with Crippen LogP contribution in [0, 0.1) is 11.8 Å². The van der Waals surface area contributed by atoms with E-state index in [1.165, 1.54) is 32.5 Å². The Morgan fingerprint density at radius 1 is 1.14 bits per heavy atom. The van der Waals surface area contributed by atoms with Crippen molar-refractivity contribution in [3.63, 3.8) is 0 Å². The molecule has 1 amide bonds. The average Bonchev–Trinajstić information content (AvgIpc) is 2.42. The SMILES string of the molecule is COCCCCC(=O)NCCCCN1C[C@H](C)C[C@@H](C)C1. The van der Waals surface area contributed by atoms with Gasteiger partial charge in [0.2, 0.25) is 5.91 Å². The van der Waals surface area contributed by atoms with Crippen molar-refractivity contribution >= 4 is 5.91 Å². The summed E-state index contributed by atoms with van der Waals surface area (Å²) in [6.07, 6.45) is 6.16. The molecule has 1 aliphatic heterocycles. The first-order valence-corrected chi connectivity index (χ1v) is 8.59. The first kappa shape index (κ1) is 18.4. The van der Waals surface area contributed by atoms with E-state index in [9.17, 15) is 4.79 Å². The number of nitrogens with one attached hydrogen (secondary N) is 1. The number of amides is 1. The van der Waals surface area contributed by atoms with E-state index in [0.29, 0.717) is 6.42 Å². The van der Waals surface area contributed by atoms with Gasteiger partial charge in [0.25, 0.3) is 0 Å². The number of carbonyl (C=O) groups excluding carboxylic acids is 1. The van der Waals surface area contributed by atoms with Crippen molar-refractivity contribution in [2.24, 2.45) is 11.8 Å². The van der Waals surface area contributed by atoms with Crippen molar-refractivity contribution in [1.29, 1.82) is 0 Å². The van der Waals surface area contributed by atoms with Crippen LogP contribution in [0.3, 0.4) is 0 Å². The van der Waals surface area contributed by atoms with Gasteiger partial charge in [-0.05, 0) is 50.5 Å². The monoisotopic (exact) mass is 298 g/mol. The zero-order valence-corrected chi connectivity index (χ0v) is 14.2. The molecule has 124 valence electrons. The minimum Gasteiger partial charge on any atom is -0.385 e. The molecule has 1 heterocycles. The Morgan fingerprint density at radius 3 is 2.52 bits per heavy atom. The molecule has 1 N–H and O–H groups in total. The van der Waals surface area contributed by atoms with Crippen molar-refractivity contribution in [2.45, 2.75) is 52.4 Å². The van der Waals surface area contributed by atoms with Crippen LogP contribution in [-0.2, 0) is 9.53 Å². The molecule has 1 fully saturated rings. The van der Waals surface area contributed by atoms with E-state index in [1.807, 2.05) is 0 Å². The van der Waals surface area contributed by atoms with E-state index in [4.69, 9.17) is 4.74 Å². The second-order valence-electron chi connectivity index (χ2n) is 6.71. The van der Waals surface area contributed by atoms with Crippen LogP contribution in [-0.4, -0.2) is 50.7 Å². The minimum atomic E-state index is 0.186. The maximum absolute atomic E-state index is 11.6. The van der Waals surface area contributed by atoms with Crippen molar-refractivity contribution in [2.75, 3.05) is 39.9 Å². The lowest BCUT2D eigenvalue weighted by Crippen LogP contribution is -2.39. The highest BCUT2D eigenvalue weighted by atomic mass is 16.5. The van der Waals surface area contributed by atoms with Gasteiger partial charge in [-0.15, -0.1) is 0 Å². The Labute approximate surface area is 130 Å². The standard InChI is InChI=1S/C17H34N2O2/c1-15-12-16(2)14-19(13-15)10-6-5-9-18-17(20)8-4-7-11-21-3/h15-16H,4-14H2,1-3H3,(H,18,20)/t15-,16-/m1/s1. The predicted molar refractivity (Wildman–Crippen MR) is 87.4 cm³/mol. The van der Waals surface area contributed by atoms with E-state index in [-0.39, 0.29) is 5.91 Å². The average molecular weight is 298 g/mol. The van der Waals surface area contributed by atoms with Crippen LogP contribution in [0.25, 0.3) is 0 Å². The molecule has 1 rings (SSSR count).